The zero-order valence-electron chi connectivity index (χ0n) is 8.16. The molecule has 2 N–H and O–H groups in total. The van der Waals surface area contributed by atoms with Crippen molar-refractivity contribution in [2.45, 2.75) is 19.1 Å². The third-order valence-electron chi connectivity index (χ3n) is 3.00. The first kappa shape index (κ1) is 8.68. The summed E-state index contributed by atoms with van der Waals surface area (Å²) in [4.78, 5) is 11.5. The van der Waals surface area contributed by atoms with Gasteiger partial charge >= 0.3 is 0 Å². The highest BCUT2D eigenvalue weighted by Crippen LogP contribution is 2.29. The molecule has 0 saturated carbocycles. The molecular formula is C12H11NO2. The summed E-state index contributed by atoms with van der Waals surface area (Å²) in [7, 11) is 0. The molecule has 15 heavy (non-hydrogen) atoms. The van der Waals surface area contributed by atoms with Crippen molar-refractivity contribution in [2.75, 3.05) is 0 Å². The van der Waals surface area contributed by atoms with Crippen molar-refractivity contribution >= 4 is 12.0 Å². The summed E-state index contributed by atoms with van der Waals surface area (Å²) in [5.41, 5.74) is 3.64. The highest BCUT2D eigenvalue weighted by Gasteiger charge is 2.28. The molecule has 1 amide bonds. The Kier molecular flexibility index (Phi) is 1.70. The Balaban J connectivity index is 2.22. The Morgan fingerprint density at radius 3 is 3.13 bits per heavy atom. The molecule has 76 valence electrons. The van der Waals surface area contributed by atoms with E-state index in [1.165, 1.54) is 5.56 Å². The van der Waals surface area contributed by atoms with E-state index in [-0.39, 0.29) is 5.91 Å². The van der Waals surface area contributed by atoms with E-state index < -0.39 is 6.23 Å². The molecule has 3 nitrogen and oxygen atoms in total. The minimum Gasteiger partial charge on any atom is -0.369 e. The lowest BCUT2D eigenvalue weighted by atomic mass is 9.93. The SMILES string of the molecule is O=C1NC(O)c2cc3c(cc21)C=CCC3. The van der Waals surface area contributed by atoms with E-state index in [2.05, 4.69) is 11.4 Å². The number of carbonyl (C=O) groups is 1. The number of fused-ring (bicyclic) bond motifs is 2. The maximum Gasteiger partial charge on any atom is 0.253 e. The van der Waals surface area contributed by atoms with Gasteiger partial charge in [-0.25, -0.2) is 0 Å². The Bertz CT molecular complexity index is 477. The first-order valence-corrected chi connectivity index (χ1v) is 5.08. The third kappa shape index (κ3) is 1.20. The van der Waals surface area contributed by atoms with Crippen LogP contribution in [0.5, 0.6) is 0 Å². The molecule has 2 aliphatic rings. The van der Waals surface area contributed by atoms with Crippen LogP contribution in [-0.4, -0.2) is 11.0 Å². The number of nitrogens with one attached hydrogen (secondary N) is 1. The van der Waals surface area contributed by atoms with Crippen molar-refractivity contribution in [3.05, 3.63) is 40.5 Å². The number of aliphatic hydroxyl groups is 1. The molecule has 0 bridgehead atoms. The van der Waals surface area contributed by atoms with Gasteiger partial charge in [0, 0.05) is 11.1 Å². The van der Waals surface area contributed by atoms with Gasteiger partial charge in [0.05, 0.1) is 0 Å². The first-order chi connectivity index (χ1) is 7.25. The van der Waals surface area contributed by atoms with Crippen molar-refractivity contribution in [1.29, 1.82) is 0 Å². The van der Waals surface area contributed by atoms with Crippen LogP contribution in [0.3, 0.4) is 0 Å². The molecule has 1 unspecified atom stereocenters. The average molecular weight is 201 g/mol. The number of aryl methyl sites for hydroxylation is 1. The molecule has 3 heteroatoms. The smallest absolute Gasteiger partial charge is 0.253 e. The maximum atomic E-state index is 11.5. The largest absolute Gasteiger partial charge is 0.369 e. The van der Waals surface area contributed by atoms with E-state index in [9.17, 15) is 9.90 Å². The topological polar surface area (TPSA) is 49.3 Å². The summed E-state index contributed by atoms with van der Waals surface area (Å²) >= 11 is 0. The fraction of sp³-hybridized carbons (Fsp3) is 0.250. The number of hydrogen-bond donors (Lipinski definition) is 2. The number of amides is 1. The number of hydrogen-bond acceptors (Lipinski definition) is 2. The number of allylic oxidation sites excluding steroid dienone is 1. The molecule has 0 spiro atoms. The predicted octanol–water partition coefficient (Wildman–Crippen LogP) is 1.38. The number of aliphatic hydroxyl groups excluding tert-OH is 1. The molecule has 1 atom stereocenters. The van der Waals surface area contributed by atoms with E-state index in [0.29, 0.717) is 11.1 Å². The minimum atomic E-state index is -0.830. The van der Waals surface area contributed by atoms with Gasteiger partial charge in [-0.15, -0.1) is 0 Å². The molecule has 0 radical (unpaired) electrons. The Labute approximate surface area is 87.4 Å². The van der Waals surface area contributed by atoms with E-state index in [0.717, 1.165) is 18.4 Å². The standard InChI is InChI=1S/C12H11NO2/c14-11-9-5-7-3-1-2-4-8(7)6-10(9)12(15)13-11/h1,3,5-6,12,15H,2,4H2,(H,13,14). The Hall–Kier alpha value is -1.61. The van der Waals surface area contributed by atoms with Crippen molar-refractivity contribution in [3.63, 3.8) is 0 Å². The Morgan fingerprint density at radius 2 is 2.27 bits per heavy atom. The average Bonchev–Trinajstić information content (AvgIpc) is 2.52. The lowest BCUT2D eigenvalue weighted by Crippen LogP contribution is -2.17. The predicted molar refractivity (Wildman–Crippen MR) is 56.2 cm³/mol. The van der Waals surface area contributed by atoms with Gasteiger partial charge in [-0.3, -0.25) is 4.79 Å². The van der Waals surface area contributed by atoms with Crippen LogP contribution < -0.4 is 5.32 Å². The number of carbonyl (C=O) groups excluding carboxylic acids is 1. The van der Waals surface area contributed by atoms with Gasteiger partial charge in [-0.05, 0) is 36.1 Å². The number of rotatable bonds is 0. The molecule has 3 rings (SSSR count). The van der Waals surface area contributed by atoms with E-state index in [4.69, 9.17) is 0 Å². The minimum absolute atomic E-state index is 0.181. The van der Waals surface area contributed by atoms with Gasteiger partial charge in [0.25, 0.3) is 5.91 Å². The van der Waals surface area contributed by atoms with Crippen LogP contribution >= 0.6 is 0 Å². The zero-order valence-corrected chi connectivity index (χ0v) is 8.16. The summed E-state index contributed by atoms with van der Waals surface area (Å²) in [6.45, 7) is 0. The molecule has 0 aromatic heterocycles. The summed E-state index contributed by atoms with van der Waals surface area (Å²) in [6.07, 6.45) is 5.34. The van der Waals surface area contributed by atoms with E-state index in [1.807, 2.05) is 18.2 Å². The van der Waals surface area contributed by atoms with E-state index >= 15 is 0 Å². The van der Waals surface area contributed by atoms with Crippen molar-refractivity contribution < 1.29 is 9.90 Å². The van der Waals surface area contributed by atoms with Crippen LogP contribution in [0.25, 0.3) is 6.08 Å². The van der Waals surface area contributed by atoms with Crippen LogP contribution in [0.4, 0.5) is 0 Å². The van der Waals surface area contributed by atoms with Crippen LogP contribution in [-0.2, 0) is 6.42 Å². The van der Waals surface area contributed by atoms with Crippen LogP contribution in [0.2, 0.25) is 0 Å². The highest BCUT2D eigenvalue weighted by atomic mass is 16.3. The summed E-state index contributed by atoms with van der Waals surface area (Å²) in [5, 5.41) is 12.1. The normalized spacial score (nSPS) is 22.2. The van der Waals surface area contributed by atoms with Crippen molar-refractivity contribution in [1.82, 2.24) is 5.32 Å². The molecule has 1 aromatic rings. The second kappa shape index (κ2) is 2.94. The lowest BCUT2D eigenvalue weighted by molar-refractivity contribution is 0.0850. The molecule has 1 aromatic carbocycles. The van der Waals surface area contributed by atoms with Crippen molar-refractivity contribution in [2.24, 2.45) is 0 Å². The molecule has 1 heterocycles. The first-order valence-electron chi connectivity index (χ1n) is 5.08. The van der Waals surface area contributed by atoms with Gasteiger partial charge < -0.3 is 10.4 Å². The number of benzene rings is 1. The van der Waals surface area contributed by atoms with Gasteiger partial charge in [-0.2, -0.15) is 0 Å². The summed E-state index contributed by atoms with van der Waals surface area (Å²) < 4.78 is 0. The molecular weight excluding hydrogens is 190 g/mol. The second-order valence-corrected chi connectivity index (χ2v) is 3.96. The summed E-state index contributed by atoms with van der Waals surface area (Å²) in [5.74, 6) is -0.181. The van der Waals surface area contributed by atoms with Crippen LogP contribution in [0.1, 0.15) is 39.7 Å². The molecule has 1 aliphatic carbocycles. The fourth-order valence-corrected chi connectivity index (χ4v) is 2.20. The maximum absolute atomic E-state index is 11.5. The van der Waals surface area contributed by atoms with E-state index in [1.54, 1.807) is 0 Å². The quantitative estimate of drug-likeness (QED) is 0.666. The van der Waals surface area contributed by atoms with Gasteiger partial charge in [0.1, 0.15) is 0 Å². The lowest BCUT2D eigenvalue weighted by Gasteiger charge is -2.12. The van der Waals surface area contributed by atoms with Gasteiger partial charge in [0.2, 0.25) is 0 Å². The molecule has 1 aliphatic heterocycles. The second-order valence-electron chi connectivity index (χ2n) is 3.96. The third-order valence-corrected chi connectivity index (χ3v) is 3.00. The fourth-order valence-electron chi connectivity index (χ4n) is 2.20. The van der Waals surface area contributed by atoms with Gasteiger partial charge in [-0.1, -0.05) is 12.2 Å². The van der Waals surface area contributed by atoms with Crippen LogP contribution in [0, 0.1) is 0 Å². The molecule has 0 saturated heterocycles. The van der Waals surface area contributed by atoms with Crippen molar-refractivity contribution in [3.8, 4) is 0 Å². The molecule has 0 fully saturated rings. The Morgan fingerprint density at radius 1 is 1.40 bits per heavy atom. The zero-order chi connectivity index (χ0) is 10.4. The monoisotopic (exact) mass is 201 g/mol. The summed E-state index contributed by atoms with van der Waals surface area (Å²) in [6, 6.07) is 3.81. The van der Waals surface area contributed by atoms with Gasteiger partial charge in [0.15, 0.2) is 6.23 Å². The highest BCUT2D eigenvalue weighted by molar-refractivity contribution is 5.99. The van der Waals surface area contributed by atoms with Crippen LogP contribution in [0.15, 0.2) is 18.2 Å².